The van der Waals surface area contributed by atoms with Crippen molar-refractivity contribution in [1.29, 1.82) is 0 Å². The van der Waals surface area contributed by atoms with Crippen LogP contribution in [0.5, 0.6) is 0 Å². The highest BCUT2D eigenvalue weighted by molar-refractivity contribution is 7.47. The van der Waals surface area contributed by atoms with E-state index in [9.17, 15) is 43.2 Å². The van der Waals surface area contributed by atoms with Crippen LogP contribution >= 0.6 is 15.6 Å². The molecule has 17 nitrogen and oxygen atoms in total. The van der Waals surface area contributed by atoms with Crippen molar-refractivity contribution in [3.63, 3.8) is 0 Å². The second-order valence-electron chi connectivity index (χ2n) is 34.4. The molecule has 0 aromatic rings. The van der Waals surface area contributed by atoms with Crippen molar-refractivity contribution < 1.29 is 80.2 Å². The van der Waals surface area contributed by atoms with Gasteiger partial charge in [-0.3, -0.25) is 37.3 Å². The molecular formula is C93H182O17P2. The lowest BCUT2D eigenvalue weighted by Gasteiger charge is -2.21. The van der Waals surface area contributed by atoms with Gasteiger partial charge in [-0.1, -0.05) is 452 Å². The molecule has 0 bridgehead atoms. The highest BCUT2D eigenvalue weighted by atomic mass is 31.2. The number of rotatable bonds is 92. The molecule has 112 heavy (non-hydrogen) atoms. The summed E-state index contributed by atoms with van der Waals surface area (Å²) < 4.78 is 69.1. The van der Waals surface area contributed by atoms with Gasteiger partial charge in [-0.05, 0) is 37.5 Å². The minimum absolute atomic E-state index is 0.109. The van der Waals surface area contributed by atoms with E-state index < -0.39 is 97.5 Å². The number of phosphoric ester groups is 2. The predicted octanol–water partition coefficient (Wildman–Crippen LogP) is 29.0. The summed E-state index contributed by atoms with van der Waals surface area (Å²) in [5, 5.41) is 10.7. The Morgan fingerprint density at radius 2 is 0.411 bits per heavy atom. The van der Waals surface area contributed by atoms with Crippen LogP contribution in [0.4, 0.5) is 0 Å². The minimum atomic E-state index is -4.97. The van der Waals surface area contributed by atoms with E-state index in [0.29, 0.717) is 25.7 Å². The first kappa shape index (κ1) is 110. The number of unbranched alkanes of at least 4 members (excludes halogenated alkanes) is 62. The third-order valence-electron chi connectivity index (χ3n) is 22.0. The number of esters is 4. The summed E-state index contributed by atoms with van der Waals surface area (Å²) in [6, 6.07) is 0. The molecule has 2 unspecified atom stereocenters. The fourth-order valence-electron chi connectivity index (χ4n) is 14.7. The van der Waals surface area contributed by atoms with Crippen LogP contribution in [0.3, 0.4) is 0 Å². The van der Waals surface area contributed by atoms with Gasteiger partial charge in [-0.2, -0.15) is 0 Å². The number of phosphoric acid groups is 2. The highest BCUT2D eigenvalue weighted by Crippen LogP contribution is 2.45. The highest BCUT2D eigenvalue weighted by Gasteiger charge is 2.31. The lowest BCUT2D eigenvalue weighted by Crippen LogP contribution is -2.30. The van der Waals surface area contributed by atoms with Crippen LogP contribution in [0.1, 0.15) is 504 Å². The lowest BCUT2D eigenvalue weighted by molar-refractivity contribution is -0.161. The van der Waals surface area contributed by atoms with Crippen molar-refractivity contribution in [2.75, 3.05) is 39.6 Å². The molecule has 666 valence electrons. The molecule has 0 aliphatic rings. The standard InChI is InChI=1S/C93H182O17P2/c1-7-9-11-13-15-17-19-21-23-25-27-28-29-31-33-39-43-47-53-60-66-72-77-92(97)109-88(81-103-90(95)75-69-63-57-51-45-41-37-35-34-36-40-44-49-55-61-67-73-85(3)4)83-107-111(99,100)105-79-87(94)80-106-112(101,102)108-84-89(82-104-91(96)76-70-64-58-54-48-50-56-62-68-74-86(5)6)110-93(98)78-71-65-59-52-46-42-38-32-30-26-24-22-20-18-16-14-12-10-8-2/h85-89,94H,7-84H2,1-6H3,(H,99,100)(H,101,102)/t87-,88-,89-/m1/s1. The third-order valence-corrected chi connectivity index (χ3v) is 23.9. The van der Waals surface area contributed by atoms with E-state index in [1.165, 1.54) is 321 Å². The fourth-order valence-corrected chi connectivity index (χ4v) is 16.2. The van der Waals surface area contributed by atoms with Crippen molar-refractivity contribution >= 4 is 39.5 Å². The zero-order valence-corrected chi connectivity index (χ0v) is 75.8. The Morgan fingerprint density at radius 1 is 0.241 bits per heavy atom. The number of aliphatic hydroxyl groups excluding tert-OH is 1. The normalized spacial score (nSPS) is 13.7. The van der Waals surface area contributed by atoms with Crippen molar-refractivity contribution in [2.45, 2.75) is 522 Å². The van der Waals surface area contributed by atoms with Crippen molar-refractivity contribution in [2.24, 2.45) is 11.8 Å². The number of carbonyl (C=O) groups excluding carboxylic acids is 4. The summed E-state index contributed by atoms with van der Waals surface area (Å²) in [7, 11) is -9.94. The van der Waals surface area contributed by atoms with Crippen LogP contribution in [0.25, 0.3) is 0 Å². The Kier molecular flexibility index (Phi) is 82.6. The van der Waals surface area contributed by atoms with E-state index in [-0.39, 0.29) is 25.7 Å². The number of hydrogen-bond acceptors (Lipinski definition) is 15. The first-order valence-corrected chi connectivity index (χ1v) is 51.0. The molecule has 0 saturated carbocycles. The number of ether oxygens (including phenoxy) is 4. The molecule has 0 aliphatic heterocycles. The van der Waals surface area contributed by atoms with Gasteiger partial charge in [-0.25, -0.2) is 9.13 Å². The van der Waals surface area contributed by atoms with Crippen LogP contribution in [0.2, 0.25) is 0 Å². The van der Waals surface area contributed by atoms with Crippen LogP contribution in [-0.2, 0) is 65.4 Å². The summed E-state index contributed by atoms with van der Waals surface area (Å²) in [6.07, 6.45) is 79.3. The number of hydrogen-bond donors (Lipinski definition) is 3. The maximum Gasteiger partial charge on any atom is 0.472 e. The molecule has 0 aromatic carbocycles. The first-order chi connectivity index (χ1) is 54.4. The Labute approximate surface area is 689 Å². The number of carbonyl (C=O) groups is 4. The minimum Gasteiger partial charge on any atom is -0.462 e. The van der Waals surface area contributed by atoms with Crippen LogP contribution in [-0.4, -0.2) is 96.7 Å². The second kappa shape index (κ2) is 84.1. The maximum absolute atomic E-state index is 13.2. The molecule has 0 radical (unpaired) electrons. The van der Waals surface area contributed by atoms with Gasteiger partial charge in [0.2, 0.25) is 0 Å². The molecule has 0 spiro atoms. The molecule has 19 heteroatoms. The Balaban J connectivity index is 5.24. The average Bonchev–Trinajstić information content (AvgIpc) is 0.898. The summed E-state index contributed by atoms with van der Waals surface area (Å²) in [5.41, 5.74) is 0. The van der Waals surface area contributed by atoms with Crippen LogP contribution in [0, 0.1) is 11.8 Å². The second-order valence-corrected chi connectivity index (χ2v) is 37.3. The summed E-state index contributed by atoms with van der Waals surface area (Å²) in [5.74, 6) is -0.538. The van der Waals surface area contributed by atoms with E-state index in [1.54, 1.807) is 0 Å². The molecule has 0 heterocycles. The summed E-state index contributed by atoms with van der Waals surface area (Å²) in [4.78, 5) is 73.5. The van der Waals surface area contributed by atoms with Crippen molar-refractivity contribution in [3.8, 4) is 0 Å². The third kappa shape index (κ3) is 85.9. The van der Waals surface area contributed by atoms with Crippen LogP contribution < -0.4 is 0 Å². The van der Waals surface area contributed by atoms with E-state index >= 15 is 0 Å². The quantitative estimate of drug-likeness (QED) is 0.0222. The lowest BCUT2D eigenvalue weighted by atomic mass is 10.0. The molecule has 5 atom stereocenters. The van der Waals surface area contributed by atoms with Crippen molar-refractivity contribution in [1.82, 2.24) is 0 Å². The zero-order valence-electron chi connectivity index (χ0n) is 74.0. The average molecular weight is 1630 g/mol. The van der Waals surface area contributed by atoms with E-state index in [1.807, 2.05) is 0 Å². The van der Waals surface area contributed by atoms with Gasteiger partial charge in [0.25, 0.3) is 0 Å². The Morgan fingerprint density at radius 3 is 0.607 bits per heavy atom. The summed E-state index contributed by atoms with van der Waals surface area (Å²) in [6.45, 7) is 9.73. The van der Waals surface area contributed by atoms with Gasteiger partial charge in [0.15, 0.2) is 12.2 Å². The smallest absolute Gasteiger partial charge is 0.462 e. The van der Waals surface area contributed by atoms with Crippen LogP contribution in [0.15, 0.2) is 0 Å². The largest absolute Gasteiger partial charge is 0.472 e. The van der Waals surface area contributed by atoms with E-state index in [4.69, 9.17) is 37.0 Å². The molecule has 0 aliphatic carbocycles. The van der Waals surface area contributed by atoms with Gasteiger partial charge in [0.1, 0.15) is 19.3 Å². The van der Waals surface area contributed by atoms with E-state index in [2.05, 4.69) is 41.5 Å². The SMILES string of the molecule is CCCCCCCCCCCCCCCCCCCCCCCCC(=O)O[C@H](COC(=O)CCCCCCCCCCCCCCCCCCC(C)C)COP(=O)(O)OC[C@@H](O)COP(=O)(O)OC[C@@H](COC(=O)CCCCCCCCCCCC(C)C)OC(=O)CCCCCCCCCCCCCCCCCCCCC. The van der Waals surface area contributed by atoms with Gasteiger partial charge >= 0.3 is 39.5 Å². The van der Waals surface area contributed by atoms with E-state index in [0.717, 1.165) is 102 Å². The monoisotopic (exact) mass is 1630 g/mol. The molecule has 0 aromatic heterocycles. The number of aliphatic hydroxyl groups is 1. The fraction of sp³-hybridized carbons (Fsp3) is 0.957. The van der Waals surface area contributed by atoms with Gasteiger partial charge in [0, 0.05) is 25.7 Å². The van der Waals surface area contributed by atoms with Gasteiger partial charge < -0.3 is 33.8 Å². The Bertz CT molecular complexity index is 2130. The van der Waals surface area contributed by atoms with Crippen molar-refractivity contribution in [3.05, 3.63) is 0 Å². The molecule has 3 N–H and O–H groups in total. The molecule has 0 fully saturated rings. The zero-order chi connectivity index (χ0) is 82.0. The molecule has 0 saturated heterocycles. The predicted molar refractivity (Wildman–Crippen MR) is 465 cm³/mol. The van der Waals surface area contributed by atoms with Gasteiger partial charge in [0.05, 0.1) is 26.4 Å². The molecule has 0 amide bonds. The maximum atomic E-state index is 13.2. The Hall–Kier alpha value is -1.94. The van der Waals surface area contributed by atoms with Gasteiger partial charge in [-0.15, -0.1) is 0 Å². The summed E-state index contributed by atoms with van der Waals surface area (Å²) >= 11 is 0. The first-order valence-electron chi connectivity index (χ1n) is 48.0. The molecular weight excluding hydrogens is 1450 g/mol. The topological polar surface area (TPSA) is 237 Å². The molecule has 0 rings (SSSR count).